The van der Waals surface area contributed by atoms with E-state index in [1.54, 1.807) is 12.1 Å². The lowest BCUT2D eigenvalue weighted by Gasteiger charge is -2.11. The van der Waals surface area contributed by atoms with E-state index in [-0.39, 0.29) is 6.42 Å². The third-order valence-electron chi connectivity index (χ3n) is 2.60. The molecule has 19 heavy (non-hydrogen) atoms. The fraction of sp³-hybridized carbons (Fsp3) is 0.231. The number of rotatable bonds is 3. The average molecular weight is 351 g/mol. The molecule has 2 rings (SSSR count). The van der Waals surface area contributed by atoms with E-state index in [0.29, 0.717) is 5.56 Å². The largest absolute Gasteiger partial charge is 0.416 e. The van der Waals surface area contributed by atoms with Gasteiger partial charge < -0.3 is 5.11 Å². The van der Waals surface area contributed by atoms with Gasteiger partial charge in [-0.15, -0.1) is 11.3 Å². The zero-order chi connectivity index (χ0) is 14.0. The van der Waals surface area contributed by atoms with E-state index in [0.717, 1.165) is 21.5 Å². The average Bonchev–Trinajstić information content (AvgIpc) is 2.75. The Labute approximate surface area is 120 Å². The highest BCUT2D eigenvalue weighted by atomic mass is 79.9. The van der Waals surface area contributed by atoms with Crippen LogP contribution in [0.2, 0.25) is 0 Å². The van der Waals surface area contributed by atoms with Crippen LogP contribution < -0.4 is 0 Å². The smallest absolute Gasteiger partial charge is 0.387 e. The van der Waals surface area contributed by atoms with Gasteiger partial charge in [0.1, 0.15) is 0 Å². The SMILES string of the molecule is OC(Cc1cccc(C(F)(F)F)c1)c1cc(Br)cs1. The molecule has 0 aliphatic carbocycles. The topological polar surface area (TPSA) is 20.2 Å². The molecule has 6 heteroatoms. The minimum absolute atomic E-state index is 0.164. The standard InChI is InChI=1S/C13H10BrF3OS/c14-10-6-12(19-7-10)11(18)5-8-2-1-3-9(4-8)13(15,16)17/h1-4,6-7,11,18H,5H2. The first-order valence-corrected chi connectivity index (χ1v) is 7.11. The van der Waals surface area contributed by atoms with Gasteiger partial charge in [-0.2, -0.15) is 13.2 Å². The Hall–Kier alpha value is -0.850. The Morgan fingerprint density at radius 1 is 1.26 bits per heavy atom. The van der Waals surface area contributed by atoms with Gasteiger partial charge >= 0.3 is 6.18 Å². The molecule has 2 aromatic rings. The van der Waals surface area contributed by atoms with Gasteiger partial charge in [0.05, 0.1) is 11.7 Å². The second kappa shape index (κ2) is 5.64. The van der Waals surface area contributed by atoms with Crippen molar-refractivity contribution in [1.29, 1.82) is 0 Å². The van der Waals surface area contributed by atoms with Crippen LogP contribution in [-0.2, 0) is 12.6 Å². The quantitative estimate of drug-likeness (QED) is 0.842. The summed E-state index contributed by atoms with van der Waals surface area (Å²) in [5.41, 5.74) is -0.226. The summed E-state index contributed by atoms with van der Waals surface area (Å²) in [5, 5.41) is 11.8. The number of benzene rings is 1. The zero-order valence-electron chi connectivity index (χ0n) is 9.62. The van der Waals surface area contributed by atoms with Crippen LogP contribution in [0.25, 0.3) is 0 Å². The van der Waals surface area contributed by atoms with Gasteiger partial charge in [-0.05, 0) is 33.6 Å². The predicted octanol–water partition coefficient (Wildman–Crippen LogP) is 4.81. The van der Waals surface area contributed by atoms with Crippen LogP contribution in [0.15, 0.2) is 40.2 Å². The van der Waals surface area contributed by atoms with Crippen molar-refractivity contribution in [3.63, 3.8) is 0 Å². The number of halogens is 4. The first-order valence-electron chi connectivity index (χ1n) is 5.44. The van der Waals surface area contributed by atoms with Crippen molar-refractivity contribution in [1.82, 2.24) is 0 Å². The summed E-state index contributed by atoms with van der Waals surface area (Å²) in [5.74, 6) is 0. The second-order valence-electron chi connectivity index (χ2n) is 4.09. The van der Waals surface area contributed by atoms with Gasteiger partial charge in [0.25, 0.3) is 0 Å². The molecule has 0 aliphatic heterocycles. The van der Waals surface area contributed by atoms with Gasteiger partial charge in [0.15, 0.2) is 0 Å². The summed E-state index contributed by atoms with van der Waals surface area (Å²) in [6.45, 7) is 0. The van der Waals surface area contributed by atoms with Crippen molar-refractivity contribution < 1.29 is 18.3 Å². The van der Waals surface area contributed by atoms with E-state index in [4.69, 9.17) is 0 Å². The molecule has 0 radical (unpaired) electrons. The highest BCUT2D eigenvalue weighted by Gasteiger charge is 2.30. The van der Waals surface area contributed by atoms with Gasteiger partial charge in [-0.3, -0.25) is 0 Å². The molecular weight excluding hydrogens is 341 g/mol. The van der Waals surface area contributed by atoms with Crippen molar-refractivity contribution in [3.8, 4) is 0 Å². The molecule has 0 spiro atoms. The number of aliphatic hydroxyl groups excluding tert-OH is 1. The number of hydrogen-bond donors (Lipinski definition) is 1. The number of thiophene rings is 1. The van der Waals surface area contributed by atoms with Crippen molar-refractivity contribution in [3.05, 3.63) is 56.2 Å². The van der Waals surface area contributed by atoms with Crippen LogP contribution in [0.1, 0.15) is 22.1 Å². The second-order valence-corrected chi connectivity index (χ2v) is 5.94. The highest BCUT2D eigenvalue weighted by Crippen LogP contribution is 2.31. The Kier molecular flexibility index (Phi) is 4.32. The lowest BCUT2D eigenvalue weighted by atomic mass is 10.0. The Bertz CT molecular complexity index is 565. The maximum atomic E-state index is 12.6. The van der Waals surface area contributed by atoms with E-state index >= 15 is 0 Å². The molecule has 0 bridgehead atoms. The molecule has 0 aliphatic rings. The molecule has 0 saturated heterocycles. The minimum Gasteiger partial charge on any atom is -0.387 e. The number of aliphatic hydroxyl groups is 1. The summed E-state index contributed by atoms with van der Waals surface area (Å²) in [6.07, 6.45) is -4.98. The van der Waals surface area contributed by atoms with E-state index < -0.39 is 17.8 Å². The fourth-order valence-corrected chi connectivity index (χ4v) is 3.13. The third-order valence-corrected chi connectivity index (χ3v) is 4.39. The van der Waals surface area contributed by atoms with Crippen LogP contribution in [0.5, 0.6) is 0 Å². The minimum atomic E-state index is -4.35. The maximum absolute atomic E-state index is 12.6. The first-order chi connectivity index (χ1) is 8.86. The molecule has 102 valence electrons. The van der Waals surface area contributed by atoms with Crippen molar-refractivity contribution in [2.24, 2.45) is 0 Å². The van der Waals surface area contributed by atoms with Gasteiger partial charge in [-0.1, -0.05) is 18.2 Å². The summed E-state index contributed by atoms with van der Waals surface area (Å²) in [6, 6.07) is 6.81. The van der Waals surface area contributed by atoms with Gasteiger partial charge in [0, 0.05) is 21.2 Å². The highest BCUT2D eigenvalue weighted by molar-refractivity contribution is 9.10. The monoisotopic (exact) mass is 350 g/mol. The number of hydrogen-bond acceptors (Lipinski definition) is 2. The molecular formula is C13H10BrF3OS. The van der Waals surface area contributed by atoms with Crippen LogP contribution >= 0.6 is 27.3 Å². The van der Waals surface area contributed by atoms with Crippen LogP contribution in [0, 0.1) is 0 Å². The summed E-state index contributed by atoms with van der Waals surface area (Å²) in [7, 11) is 0. The molecule has 1 aromatic heterocycles. The van der Waals surface area contributed by atoms with E-state index in [1.807, 2.05) is 5.38 Å². The van der Waals surface area contributed by atoms with Gasteiger partial charge in [0.2, 0.25) is 0 Å². The van der Waals surface area contributed by atoms with E-state index in [9.17, 15) is 18.3 Å². The van der Waals surface area contributed by atoms with Crippen molar-refractivity contribution in [2.75, 3.05) is 0 Å². The Balaban J connectivity index is 2.15. The molecule has 1 N–H and O–H groups in total. The summed E-state index contributed by atoms with van der Waals surface area (Å²) >= 11 is 4.64. The molecule has 1 unspecified atom stereocenters. The molecule has 1 atom stereocenters. The van der Waals surface area contributed by atoms with Crippen LogP contribution in [0.4, 0.5) is 13.2 Å². The van der Waals surface area contributed by atoms with Crippen LogP contribution in [-0.4, -0.2) is 5.11 Å². The predicted molar refractivity (Wildman–Crippen MR) is 72.1 cm³/mol. The summed E-state index contributed by atoms with van der Waals surface area (Å²) in [4.78, 5) is 0.726. The molecule has 0 amide bonds. The van der Waals surface area contributed by atoms with Crippen LogP contribution in [0.3, 0.4) is 0 Å². The Morgan fingerprint density at radius 2 is 2.00 bits per heavy atom. The molecule has 0 fully saturated rings. The lowest BCUT2D eigenvalue weighted by molar-refractivity contribution is -0.137. The molecule has 0 saturated carbocycles. The van der Waals surface area contributed by atoms with E-state index in [1.165, 1.54) is 17.4 Å². The zero-order valence-corrected chi connectivity index (χ0v) is 12.0. The number of alkyl halides is 3. The maximum Gasteiger partial charge on any atom is 0.416 e. The van der Waals surface area contributed by atoms with Crippen molar-refractivity contribution in [2.45, 2.75) is 18.7 Å². The molecule has 1 nitrogen and oxygen atoms in total. The van der Waals surface area contributed by atoms with Gasteiger partial charge in [-0.25, -0.2) is 0 Å². The molecule has 1 heterocycles. The Morgan fingerprint density at radius 3 is 2.58 bits per heavy atom. The lowest BCUT2D eigenvalue weighted by Crippen LogP contribution is -2.06. The normalized spacial score (nSPS) is 13.5. The van der Waals surface area contributed by atoms with E-state index in [2.05, 4.69) is 15.9 Å². The fourth-order valence-electron chi connectivity index (χ4n) is 1.70. The first kappa shape index (κ1) is 14.6. The summed E-state index contributed by atoms with van der Waals surface area (Å²) < 4.78 is 38.6. The molecule has 1 aromatic carbocycles. The third kappa shape index (κ3) is 3.81. The van der Waals surface area contributed by atoms with Crippen molar-refractivity contribution >= 4 is 27.3 Å².